The topological polar surface area (TPSA) is 35.0 Å². The Morgan fingerprint density at radius 3 is 2.94 bits per heavy atom. The average molecular weight is 259 g/mol. The fourth-order valence-electron chi connectivity index (χ4n) is 1.53. The lowest BCUT2D eigenvalue weighted by Gasteiger charge is -2.21. The summed E-state index contributed by atoms with van der Waals surface area (Å²) in [5.74, 6) is 3.05. The highest BCUT2D eigenvalue weighted by atomic mass is 35.5. The standard InChI is InChI=1S/C11H15ClN2OS/c1-7(2)8-5-10(12)14-11(13-8)9-6-16-4-3-15-9/h5,7,9H,3-4,6H2,1-2H3. The molecule has 5 heteroatoms. The van der Waals surface area contributed by atoms with Gasteiger partial charge in [0, 0.05) is 17.2 Å². The lowest BCUT2D eigenvalue weighted by atomic mass is 10.1. The van der Waals surface area contributed by atoms with E-state index in [9.17, 15) is 0 Å². The summed E-state index contributed by atoms with van der Waals surface area (Å²) in [5, 5.41) is 0.507. The Bertz CT molecular complexity index is 367. The van der Waals surface area contributed by atoms with Gasteiger partial charge in [-0.2, -0.15) is 11.8 Å². The Morgan fingerprint density at radius 1 is 1.50 bits per heavy atom. The molecule has 1 unspecified atom stereocenters. The van der Waals surface area contributed by atoms with E-state index in [1.165, 1.54) is 0 Å². The zero-order valence-corrected chi connectivity index (χ0v) is 11.0. The van der Waals surface area contributed by atoms with Crippen molar-refractivity contribution in [2.45, 2.75) is 25.9 Å². The number of hydrogen-bond donors (Lipinski definition) is 0. The number of thioether (sulfide) groups is 1. The predicted molar refractivity (Wildman–Crippen MR) is 67.1 cm³/mol. The molecule has 3 nitrogen and oxygen atoms in total. The second kappa shape index (κ2) is 5.34. The first-order valence-corrected chi connectivity index (χ1v) is 6.94. The van der Waals surface area contributed by atoms with Crippen molar-refractivity contribution in [1.82, 2.24) is 9.97 Å². The summed E-state index contributed by atoms with van der Waals surface area (Å²) in [6.45, 7) is 4.96. The lowest BCUT2D eigenvalue weighted by molar-refractivity contribution is 0.0692. The van der Waals surface area contributed by atoms with Crippen molar-refractivity contribution in [3.05, 3.63) is 22.7 Å². The van der Waals surface area contributed by atoms with E-state index in [0.717, 1.165) is 29.6 Å². The van der Waals surface area contributed by atoms with E-state index in [0.29, 0.717) is 11.1 Å². The molecule has 1 aliphatic heterocycles. The molecule has 1 aliphatic rings. The molecule has 0 bridgehead atoms. The van der Waals surface area contributed by atoms with Gasteiger partial charge in [-0.1, -0.05) is 25.4 Å². The van der Waals surface area contributed by atoms with Crippen LogP contribution < -0.4 is 0 Å². The maximum Gasteiger partial charge on any atom is 0.159 e. The Hall–Kier alpha value is -0.320. The zero-order valence-electron chi connectivity index (χ0n) is 9.44. The van der Waals surface area contributed by atoms with Gasteiger partial charge in [0.2, 0.25) is 0 Å². The summed E-state index contributed by atoms with van der Waals surface area (Å²) in [5.41, 5.74) is 0.981. The number of rotatable bonds is 2. The van der Waals surface area contributed by atoms with Gasteiger partial charge in [0.15, 0.2) is 5.82 Å². The molecule has 2 rings (SSSR count). The molecule has 0 saturated carbocycles. The smallest absolute Gasteiger partial charge is 0.159 e. The first-order valence-electron chi connectivity index (χ1n) is 5.40. The number of nitrogens with zero attached hydrogens (tertiary/aromatic N) is 2. The first kappa shape index (κ1) is 12.1. The van der Waals surface area contributed by atoms with Crippen molar-refractivity contribution in [2.24, 2.45) is 0 Å². The lowest BCUT2D eigenvalue weighted by Crippen LogP contribution is -2.18. The van der Waals surface area contributed by atoms with Gasteiger partial charge < -0.3 is 4.74 Å². The molecule has 1 aromatic rings. The van der Waals surface area contributed by atoms with E-state index in [4.69, 9.17) is 16.3 Å². The van der Waals surface area contributed by atoms with E-state index in [-0.39, 0.29) is 6.10 Å². The molecule has 16 heavy (non-hydrogen) atoms. The Labute approximate surface area is 105 Å². The van der Waals surface area contributed by atoms with Crippen LogP contribution in [-0.2, 0) is 4.74 Å². The highest BCUT2D eigenvalue weighted by molar-refractivity contribution is 7.99. The molecule has 0 N–H and O–H groups in total. The molecule has 88 valence electrons. The van der Waals surface area contributed by atoms with Crippen LogP contribution >= 0.6 is 23.4 Å². The Balaban J connectivity index is 2.25. The Morgan fingerprint density at radius 2 is 2.31 bits per heavy atom. The summed E-state index contributed by atoms with van der Waals surface area (Å²) < 4.78 is 5.65. The van der Waals surface area contributed by atoms with Crippen molar-refractivity contribution >= 4 is 23.4 Å². The van der Waals surface area contributed by atoms with Crippen molar-refractivity contribution in [3.8, 4) is 0 Å². The van der Waals surface area contributed by atoms with Crippen LogP contribution in [0.1, 0.15) is 37.4 Å². The second-order valence-corrected chi connectivity index (χ2v) is 5.60. The highest BCUT2D eigenvalue weighted by Gasteiger charge is 2.20. The quantitative estimate of drug-likeness (QED) is 0.764. The SMILES string of the molecule is CC(C)c1cc(Cl)nc(C2CSCCO2)n1. The van der Waals surface area contributed by atoms with Crippen molar-refractivity contribution in [1.29, 1.82) is 0 Å². The molecule has 0 aromatic carbocycles. The fraction of sp³-hybridized carbons (Fsp3) is 0.636. The van der Waals surface area contributed by atoms with Crippen molar-refractivity contribution < 1.29 is 4.74 Å². The molecule has 0 spiro atoms. The van der Waals surface area contributed by atoms with E-state index in [2.05, 4.69) is 23.8 Å². The van der Waals surface area contributed by atoms with Crippen LogP contribution in [0.2, 0.25) is 5.15 Å². The third-order valence-corrected chi connectivity index (χ3v) is 3.61. The Kier molecular flexibility index (Phi) is 4.05. The van der Waals surface area contributed by atoms with Crippen LogP contribution in [0.5, 0.6) is 0 Å². The molecule has 0 aliphatic carbocycles. The average Bonchev–Trinajstić information content (AvgIpc) is 2.29. The monoisotopic (exact) mass is 258 g/mol. The third kappa shape index (κ3) is 2.87. The maximum absolute atomic E-state index is 6.00. The molecule has 1 saturated heterocycles. The molecule has 1 atom stereocenters. The number of ether oxygens (including phenoxy) is 1. The highest BCUT2D eigenvalue weighted by Crippen LogP contribution is 2.26. The first-order chi connectivity index (χ1) is 7.66. The van der Waals surface area contributed by atoms with Gasteiger partial charge in [-0.15, -0.1) is 0 Å². The summed E-state index contributed by atoms with van der Waals surface area (Å²) in [6, 6.07) is 1.83. The van der Waals surface area contributed by atoms with Gasteiger partial charge in [0.1, 0.15) is 11.3 Å². The molecular formula is C11H15ClN2OS. The summed E-state index contributed by atoms with van der Waals surface area (Å²) in [7, 11) is 0. The number of aromatic nitrogens is 2. The van der Waals surface area contributed by atoms with Gasteiger partial charge in [0.05, 0.1) is 6.61 Å². The maximum atomic E-state index is 6.00. The zero-order chi connectivity index (χ0) is 11.5. The summed E-state index contributed by atoms with van der Waals surface area (Å²) >= 11 is 7.87. The largest absolute Gasteiger partial charge is 0.368 e. The molecule has 1 aromatic heterocycles. The minimum atomic E-state index is -0.00468. The van der Waals surface area contributed by atoms with Gasteiger partial charge >= 0.3 is 0 Å². The third-order valence-electron chi connectivity index (χ3n) is 2.43. The van der Waals surface area contributed by atoms with E-state index in [1.54, 1.807) is 0 Å². The van der Waals surface area contributed by atoms with E-state index in [1.807, 2.05) is 17.8 Å². The number of hydrogen-bond acceptors (Lipinski definition) is 4. The summed E-state index contributed by atoms with van der Waals surface area (Å²) in [6.07, 6.45) is -0.00468. The fourth-order valence-corrected chi connectivity index (χ4v) is 2.57. The normalized spacial score (nSPS) is 21.4. The van der Waals surface area contributed by atoms with Gasteiger partial charge in [-0.25, -0.2) is 9.97 Å². The van der Waals surface area contributed by atoms with Crippen LogP contribution in [0.15, 0.2) is 6.07 Å². The minimum absolute atomic E-state index is 0.00468. The van der Waals surface area contributed by atoms with Gasteiger partial charge in [-0.3, -0.25) is 0 Å². The van der Waals surface area contributed by atoms with Crippen LogP contribution in [-0.4, -0.2) is 28.1 Å². The molecular weight excluding hydrogens is 244 g/mol. The molecule has 1 fully saturated rings. The second-order valence-electron chi connectivity index (χ2n) is 4.06. The van der Waals surface area contributed by atoms with Crippen LogP contribution in [0.3, 0.4) is 0 Å². The van der Waals surface area contributed by atoms with Crippen molar-refractivity contribution in [3.63, 3.8) is 0 Å². The predicted octanol–water partition coefficient (Wildman–Crippen LogP) is 3.06. The van der Waals surface area contributed by atoms with E-state index >= 15 is 0 Å². The van der Waals surface area contributed by atoms with Crippen LogP contribution in [0, 0.1) is 0 Å². The molecule has 0 radical (unpaired) electrons. The van der Waals surface area contributed by atoms with E-state index < -0.39 is 0 Å². The molecule has 0 amide bonds. The minimum Gasteiger partial charge on any atom is -0.368 e. The van der Waals surface area contributed by atoms with Crippen LogP contribution in [0.25, 0.3) is 0 Å². The van der Waals surface area contributed by atoms with Crippen molar-refractivity contribution in [2.75, 3.05) is 18.1 Å². The summed E-state index contributed by atoms with van der Waals surface area (Å²) in [4.78, 5) is 8.78. The van der Waals surface area contributed by atoms with Crippen LogP contribution in [0.4, 0.5) is 0 Å². The molecule has 2 heterocycles. The van der Waals surface area contributed by atoms with Gasteiger partial charge in [-0.05, 0) is 12.0 Å². The van der Waals surface area contributed by atoms with Gasteiger partial charge in [0.25, 0.3) is 0 Å². The number of halogens is 1.